The fourth-order valence-electron chi connectivity index (χ4n) is 3.59. The SMILES string of the molecule is O=C(c1cnccn1)N1CC(Oc2ccc(-c3noc(C4CCOCC4)n3)cc2)C1. The lowest BCUT2D eigenvalue weighted by Gasteiger charge is -2.38. The van der Waals surface area contributed by atoms with E-state index in [1.165, 1.54) is 12.4 Å². The van der Waals surface area contributed by atoms with Gasteiger partial charge in [0.05, 0.1) is 19.3 Å². The number of carbonyl (C=O) groups excluding carboxylic acids is 1. The highest BCUT2D eigenvalue weighted by Crippen LogP contribution is 2.28. The van der Waals surface area contributed by atoms with Crippen LogP contribution >= 0.6 is 0 Å². The maximum absolute atomic E-state index is 12.3. The zero-order chi connectivity index (χ0) is 20.3. The molecule has 1 amide bonds. The summed E-state index contributed by atoms with van der Waals surface area (Å²) in [6.45, 7) is 2.52. The lowest BCUT2D eigenvalue weighted by molar-refractivity contribution is 0.0173. The van der Waals surface area contributed by atoms with Crippen LogP contribution in [0.4, 0.5) is 0 Å². The molecule has 9 nitrogen and oxygen atoms in total. The summed E-state index contributed by atoms with van der Waals surface area (Å²) in [5.41, 5.74) is 1.22. The van der Waals surface area contributed by atoms with E-state index in [1.807, 2.05) is 24.3 Å². The molecule has 0 spiro atoms. The quantitative estimate of drug-likeness (QED) is 0.635. The number of hydrogen-bond donors (Lipinski definition) is 0. The van der Waals surface area contributed by atoms with Gasteiger partial charge in [-0.3, -0.25) is 9.78 Å². The van der Waals surface area contributed by atoms with E-state index >= 15 is 0 Å². The normalized spacial score (nSPS) is 17.5. The van der Waals surface area contributed by atoms with E-state index in [4.69, 9.17) is 14.0 Å². The first-order chi connectivity index (χ1) is 14.8. The van der Waals surface area contributed by atoms with Crippen molar-refractivity contribution >= 4 is 5.91 Å². The van der Waals surface area contributed by atoms with Crippen molar-refractivity contribution in [2.24, 2.45) is 0 Å². The van der Waals surface area contributed by atoms with Crippen molar-refractivity contribution in [1.29, 1.82) is 0 Å². The van der Waals surface area contributed by atoms with Crippen molar-refractivity contribution in [2.45, 2.75) is 24.9 Å². The van der Waals surface area contributed by atoms with E-state index in [1.54, 1.807) is 11.1 Å². The molecule has 0 unspecified atom stereocenters. The van der Waals surface area contributed by atoms with Crippen LogP contribution in [-0.2, 0) is 4.74 Å². The van der Waals surface area contributed by atoms with E-state index < -0.39 is 0 Å². The predicted octanol–water partition coefficient (Wildman–Crippen LogP) is 2.32. The molecule has 2 aliphatic heterocycles. The maximum atomic E-state index is 12.3. The van der Waals surface area contributed by atoms with Crippen LogP contribution < -0.4 is 4.74 Å². The first kappa shape index (κ1) is 18.7. The number of aromatic nitrogens is 4. The van der Waals surface area contributed by atoms with Gasteiger partial charge in [0, 0.05) is 37.1 Å². The molecular weight excluding hydrogens is 386 g/mol. The monoisotopic (exact) mass is 407 g/mol. The van der Waals surface area contributed by atoms with E-state index in [0.29, 0.717) is 30.5 Å². The van der Waals surface area contributed by atoms with Gasteiger partial charge in [-0.05, 0) is 37.1 Å². The molecule has 2 fully saturated rings. The minimum atomic E-state index is -0.129. The third-order valence-electron chi connectivity index (χ3n) is 5.35. The first-order valence-electron chi connectivity index (χ1n) is 10.00. The second kappa shape index (κ2) is 8.19. The minimum absolute atomic E-state index is 0.0400. The Morgan fingerprint density at radius 2 is 1.90 bits per heavy atom. The third-order valence-corrected chi connectivity index (χ3v) is 5.35. The standard InChI is InChI=1S/C21H21N5O4/c27-21(18-11-22-7-8-23-18)26-12-17(13-26)29-16-3-1-14(2-4-16)19-24-20(30-25-19)15-5-9-28-10-6-15/h1-4,7-8,11,15,17H,5-6,9-10,12-13H2. The van der Waals surface area contributed by atoms with Crippen LogP contribution in [-0.4, -0.2) is 63.3 Å². The van der Waals surface area contributed by atoms with Gasteiger partial charge >= 0.3 is 0 Å². The molecule has 0 saturated carbocycles. The van der Waals surface area contributed by atoms with E-state index in [2.05, 4.69) is 20.1 Å². The fraction of sp³-hybridized carbons (Fsp3) is 0.381. The number of rotatable bonds is 5. The minimum Gasteiger partial charge on any atom is -0.487 e. The highest BCUT2D eigenvalue weighted by Gasteiger charge is 2.33. The molecule has 0 bridgehead atoms. The Labute approximate surface area is 173 Å². The summed E-state index contributed by atoms with van der Waals surface area (Å²) >= 11 is 0. The number of ether oxygens (including phenoxy) is 2. The molecule has 5 rings (SSSR count). The van der Waals surface area contributed by atoms with Gasteiger partial charge in [0.15, 0.2) is 0 Å². The second-order valence-corrected chi connectivity index (χ2v) is 7.41. The Hall–Kier alpha value is -3.33. The van der Waals surface area contributed by atoms with Gasteiger partial charge in [-0.2, -0.15) is 4.98 Å². The number of nitrogens with zero attached hydrogens (tertiary/aromatic N) is 5. The summed E-state index contributed by atoms with van der Waals surface area (Å²) in [6, 6.07) is 7.59. The molecular formula is C21H21N5O4. The number of carbonyl (C=O) groups is 1. The van der Waals surface area contributed by atoms with Crippen molar-refractivity contribution < 1.29 is 18.8 Å². The summed E-state index contributed by atoms with van der Waals surface area (Å²) in [7, 11) is 0. The third kappa shape index (κ3) is 3.88. The molecule has 2 aliphatic rings. The zero-order valence-electron chi connectivity index (χ0n) is 16.3. The Kier molecular flexibility index (Phi) is 5.10. The number of benzene rings is 1. The molecule has 0 aliphatic carbocycles. The molecule has 154 valence electrons. The van der Waals surface area contributed by atoms with Crippen molar-refractivity contribution in [3.63, 3.8) is 0 Å². The van der Waals surface area contributed by atoms with Crippen LogP contribution in [0.15, 0.2) is 47.4 Å². The van der Waals surface area contributed by atoms with Gasteiger partial charge in [0.25, 0.3) is 5.91 Å². The predicted molar refractivity (Wildman–Crippen MR) is 105 cm³/mol. The highest BCUT2D eigenvalue weighted by molar-refractivity contribution is 5.92. The lowest BCUT2D eigenvalue weighted by atomic mass is 10.0. The van der Waals surface area contributed by atoms with Crippen LogP contribution in [0, 0.1) is 0 Å². The Morgan fingerprint density at radius 1 is 1.10 bits per heavy atom. The summed E-state index contributed by atoms with van der Waals surface area (Å²) in [4.78, 5) is 26.5. The van der Waals surface area contributed by atoms with Gasteiger partial charge in [-0.1, -0.05) is 5.16 Å². The second-order valence-electron chi connectivity index (χ2n) is 7.41. The molecule has 0 atom stereocenters. The van der Waals surface area contributed by atoms with Gasteiger partial charge in [0.2, 0.25) is 11.7 Å². The molecule has 9 heteroatoms. The smallest absolute Gasteiger partial charge is 0.274 e. The van der Waals surface area contributed by atoms with E-state index in [0.717, 1.165) is 37.4 Å². The summed E-state index contributed by atoms with van der Waals surface area (Å²) in [5.74, 6) is 2.14. The molecule has 30 heavy (non-hydrogen) atoms. The summed E-state index contributed by atoms with van der Waals surface area (Å²) in [5, 5.41) is 4.11. The van der Waals surface area contributed by atoms with Gasteiger partial charge in [-0.25, -0.2) is 4.98 Å². The molecule has 2 aromatic heterocycles. The topological polar surface area (TPSA) is 103 Å². The number of amides is 1. The maximum Gasteiger partial charge on any atom is 0.274 e. The lowest BCUT2D eigenvalue weighted by Crippen LogP contribution is -2.56. The average Bonchev–Trinajstić information content (AvgIpc) is 3.27. The van der Waals surface area contributed by atoms with Gasteiger partial charge in [0.1, 0.15) is 17.5 Å². The van der Waals surface area contributed by atoms with Crippen molar-refractivity contribution in [3.8, 4) is 17.1 Å². The zero-order valence-corrected chi connectivity index (χ0v) is 16.3. The fourth-order valence-corrected chi connectivity index (χ4v) is 3.59. The molecule has 0 radical (unpaired) electrons. The Morgan fingerprint density at radius 3 is 2.63 bits per heavy atom. The molecule has 1 aromatic carbocycles. The Bertz CT molecular complexity index is 996. The highest BCUT2D eigenvalue weighted by atomic mass is 16.5. The van der Waals surface area contributed by atoms with Crippen LogP contribution in [0.2, 0.25) is 0 Å². The van der Waals surface area contributed by atoms with Gasteiger partial charge in [-0.15, -0.1) is 0 Å². The number of likely N-dealkylation sites (tertiary alicyclic amines) is 1. The molecule has 3 aromatic rings. The van der Waals surface area contributed by atoms with E-state index in [9.17, 15) is 4.79 Å². The van der Waals surface area contributed by atoms with Crippen LogP contribution in [0.5, 0.6) is 5.75 Å². The largest absolute Gasteiger partial charge is 0.487 e. The first-order valence-corrected chi connectivity index (χ1v) is 10.00. The van der Waals surface area contributed by atoms with Crippen molar-refractivity contribution in [1.82, 2.24) is 25.0 Å². The average molecular weight is 407 g/mol. The molecule has 0 N–H and O–H groups in total. The van der Waals surface area contributed by atoms with Crippen molar-refractivity contribution in [2.75, 3.05) is 26.3 Å². The Balaban J connectivity index is 1.16. The van der Waals surface area contributed by atoms with E-state index in [-0.39, 0.29) is 17.9 Å². The number of hydrogen-bond acceptors (Lipinski definition) is 8. The van der Waals surface area contributed by atoms with Crippen molar-refractivity contribution in [3.05, 3.63) is 54.4 Å². The molecule has 4 heterocycles. The van der Waals surface area contributed by atoms with Crippen LogP contribution in [0.25, 0.3) is 11.4 Å². The summed E-state index contributed by atoms with van der Waals surface area (Å²) < 4.78 is 16.8. The van der Waals surface area contributed by atoms with Crippen LogP contribution in [0.3, 0.4) is 0 Å². The molecule has 2 saturated heterocycles. The summed E-state index contributed by atoms with van der Waals surface area (Å²) in [6.07, 6.45) is 6.31. The van der Waals surface area contributed by atoms with Crippen LogP contribution in [0.1, 0.15) is 35.1 Å². The van der Waals surface area contributed by atoms with Gasteiger partial charge < -0.3 is 18.9 Å².